The molecule has 2 aromatic carbocycles. The van der Waals surface area contributed by atoms with E-state index in [2.05, 4.69) is 28.4 Å². The van der Waals surface area contributed by atoms with E-state index in [0.29, 0.717) is 12.6 Å². The van der Waals surface area contributed by atoms with E-state index in [1.807, 2.05) is 30.3 Å². The molecule has 1 amide bonds. The summed E-state index contributed by atoms with van der Waals surface area (Å²) >= 11 is 0. The maximum Gasteiger partial charge on any atom is 0.250 e. The SMILES string of the molecule is COc1ccc2c3c1O[C@@H]1[C@]34CCN(CC3CC3)[C@H](C2)[C@@]42C=C(C(=O)NCc3ccccc3)[C@]1(OC)CC2. The molecule has 0 radical (unpaired) electrons. The number of piperidine rings is 1. The van der Waals surface area contributed by atoms with Crippen LogP contribution in [0.2, 0.25) is 0 Å². The van der Waals surface area contributed by atoms with Crippen LogP contribution in [0.4, 0.5) is 0 Å². The molecular formula is C32H36N2O4. The van der Waals surface area contributed by atoms with Gasteiger partial charge in [-0.2, -0.15) is 0 Å². The Labute approximate surface area is 224 Å². The van der Waals surface area contributed by atoms with Gasteiger partial charge in [-0.3, -0.25) is 9.69 Å². The van der Waals surface area contributed by atoms with E-state index in [9.17, 15) is 4.79 Å². The minimum atomic E-state index is -0.787. The van der Waals surface area contributed by atoms with E-state index in [1.165, 1.54) is 30.5 Å². The van der Waals surface area contributed by atoms with Gasteiger partial charge in [0.25, 0.3) is 0 Å². The molecular weight excluding hydrogens is 476 g/mol. The number of benzene rings is 2. The van der Waals surface area contributed by atoms with Crippen LogP contribution in [0.3, 0.4) is 0 Å². The number of hydrogen-bond donors (Lipinski definition) is 1. The number of amides is 1. The molecule has 1 N–H and O–H groups in total. The molecule has 198 valence electrons. The molecule has 1 saturated heterocycles. The molecule has 0 unspecified atom stereocenters. The molecule has 7 aliphatic rings. The van der Waals surface area contributed by atoms with Crippen molar-refractivity contribution in [1.82, 2.24) is 10.2 Å². The van der Waals surface area contributed by atoms with Gasteiger partial charge in [-0.25, -0.2) is 0 Å². The Morgan fingerprint density at radius 2 is 1.95 bits per heavy atom. The van der Waals surface area contributed by atoms with Crippen LogP contribution in [-0.4, -0.2) is 55.9 Å². The summed E-state index contributed by atoms with van der Waals surface area (Å²) in [5.41, 5.74) is 3.43. The first-order valence-corrected chi connectivity index (χ1v) is 14.3. The van der Waals surface area contributed by atoms with Crippen molar-refractivity contribution in [2.45, 2.75) is 68.2 Å². The van der Waals surface area contributed by atoms with Crippen molar-refractivity contribution in [3.8, 4) is 11.5 Å². The minimum absolute atomic E-state index is 0.0336. The van der Waals surface area contributed by atoms with Gasteiger partial charge < -0.3 is 19.5 Å². The van der Waals surface area contributed by atoms with Gasteiger partial charge in [0.1, 0.15) is 11.7 Å². The van der Waals surface area contributed by atoms with Crippen molar-refractivity contribution in [2.24, 2.45) is 11.3 Å². The number of nitrogens with one attached hydrogen (secondary N) is 1. The molecule has 5 aliphatic carbocycles. The van der Waals surface area contributed by atoms with Gasteiger partial charge >= 0.3 is 0 Å². The fourth-order valence-electron chi connectivity index (χ4n) is 9.13. The smallest absolute Gasteiger partial charge is 0.250 e. The molecule has 4 bridgehead atoms. The van der Waals surface area contributed by atoms with E-state index in [4.69, 9.17) is 14.2 Å². The number of methoxy groups -OCH3 is 2. The number of nitrogens with zero attached hydrogens (tertiary/aromatic N) is 1. The van der Waals surface area contributed by atoms with Crippen molar-refractivity contribution in [1.29, 1.82) is 0 Å². The van der Waals surface area contributed by atoms with E-state index in [-0.39, 0.29) is 22.8 Å². The summed E-state index contributed by atoms with van der Waals surface area (Å²) in [6.45, 7) is 2.74. The second-order valence-corrected chi connectivity index (χ2v) is 12.4. The molecule has 5 atom stereocenters. The average molecular weight is 513 g/mol. The first-order valence-electron chi connectivity index (χ1n) is 14.3. The van der Waals surface area contributed by atoms with Crippen LogP contribution in [0.25, 0.3) is 0 Å². The Morgan fingerprint density at radius 1 is 1.11 bits per heavy atom. The summed E-state index contributed by atoms with van der Waals surface area (Å²) in [5, 5.41) is 3.23. The molecule has 2 aliphatic heterocycles. The molecule has 9 rings (SSSR count). The highest BCUT2D eigenvalue weighted by molar-refractivity contribution is 5.97. The third-order valence-electron chi connectivity index (χ3n) is 10.9. The van der Waals surface area contributed by atoms with E-state index >= 15 is 0 Å². The maximum absolute atomic E-state index is 14.0. The highest BCUT2D eigenvalue weighted by atomic mass is 16.6. The predicted molar refractivity (Wildman–Crippen MR) is 143 cm³/mol. The third kappa shape index (κ3) is 2.73. The maximum atomic E-state index is 14.0. The lowest BCUT2D eigenvalue weighted by Crippen LogP contribution is -2.78. The van der Waals surface area contributed by atoms with Gasteiger partial charge in [-0.1, -0.05) is 42.5 Å². The Morgan fingerprint density at radius 3 is 2.71 bits per heavy atom. The first-order chi connectivity index (χ1) is 18.6. The second kappa shape index (κ2) is 7.86. The quantitative estimate of drug-likeness (QED) is 0.604. The van der Waals surface area contributed by atoms with Gasteiger partial charge in [-0.05, 0) is 68.2 Å². The Bertz CT molecular complexity index is 1350. The van der Waals surface area contributed by atoms with Gasteiger partial charge in [0, 0.05) is 42.8 Å². The lowest BCUT2D eigenvalue weighted by Gasteiger charge is -2.70. The zero-order valence-corrected chi connectivity index (χ0v) is 22.3. The number of ether oxygens (including phenoxy) is 3. The summed E-state index contributed by atoms with van der Waals surface area (Å²) in [7, 11) is 3.49. The fraction of sp³-hybridized carbons (Fsp3) is 0.531. The van der Waals surface area contributed by atoms with Crippen LogP contribution in [-0.2, 0) is 27.9 Å². The van der Waals surface area contributed by atoms with E-state index < -0.39 is 5.60 Å². The summed E-state index contributed by atoms with van der Waals surface area (Å²) < 4.78 is 19.3. The molecule has 3 fully saturated rings. The number of carbonyl (C=O) groups excluding carboxylic acids is 1. The van der Waals surface area contributed by atoms with Crippen LogP contribution in [0, 0.1) is 11.3 Å². The van der Waals surface area contributed by atoms with E-state index in [0.717, 1.165) is 60.8 Å². The molecule has 6 heteroatoms. The second-order valence-electron chi connectivity index (χ2n) is 12.4. The minimum Gasteiger partial charge on any atom is -0.493 e. The summed E-state index contributed by atoms with van der Waals surface area (Å²) in [4.78, 5) is 16.8. The topological polar surface area (TPSA) is 60.0 Å². The lowest BCUT2D eigenvalue weighted by atomic mass is 9.37. The van der Waals surface area contributed by atoms with Crippen LogP contribution in [0.15, 0.2) is 54.1 Å². The number of rotatable bonds is 7. The predicted octanol–water partition coefficient (Wildman–Crippen LogP) is 4.16. The zero-order chi connectivity index (χ0) is 25.7. The summed E-state index contributed by atoms with van der Waals surface area (Å²) in [6.07, 6.45) is 8.65. The van der Waals surface area contributed by atoms with Crippen molar-refractivity contribution in [2.75, 3.05) is 27.3 Å². The highest BCUT2D eigenvalue weighted by Gasteiger charge is 2.79. The average Bonchev–Trinajstić information content (AvgIpc) is 3.70. The molecule has 2 heterocycles. The Kier molecular flexibility index (Phi) is 4.77. The Balaban J connectivity index is 1.29. The van der Waals surface area contributed by atoms with Crippen LogP contribution in [0.5, 0.6) is 11.5 Å². The van der Waals surface area contributed by atoms with E-state index in [1.54, 1.807) is 14.2 Å². The third-order valence-corrected chi connectivity index (χ3v) is 10.9. The van der Waals surface area contributed by atoms with Gasteiger partial charge in [-0.15, -0.1) is 0 Å². The molecule has 2 spiro atoms. The van der Waals surface area contributed by atoms with Crippen LogP contribution in [0.1, 0.15) is 48.8 Å². The standard InChI is InChI=1S/C32H36N2O4/c1-36-24-11-10-22-16-25-30-12-13-32(37-2,23(17-30)28(35)33-18-20-6-4-3-5-7-20)29-31(30,26(22)27(24)38-29)14-15-34(25)19-21-8-9-21/h3-7,10-11,17,21,25,29H,8-9,12-16,18-19H2,1-2H3,(H,33,35)/t25-,29-,30-,31+,32-/m1/s1. The highest BCUT2D eigenvalue weighted by Crippen LogP contribution is 2.74. The van der Waals surface area contributed by atoms with Gasteiger partial charge in [0.2, 0.25) is 5.91 Å². The van der Waals surface area contributed by atoms with Crippen LogP contribution >= 0.6 is 0 Å². The number of fused-ring (bicyclic) bond motifs is 1. The largest absolute Gasteiger partial charge is 0.493 e. The monoisotopic (exact) mass is 512 g/mol. The lowest BCUT2D eigenvalue weighted by molar-refractivity contribution is -0.196. The Hall–Kier alpha value is -2.83. The molecule has 2 aromatic rings. The van der Waals surface area contributed by atoms with Crippen molar-refractivity contribution in [3.63, 3.8) is 0 Å². The van der Waals surface area contributed by atoms with Gasteiger partial charge in [0.15, 0.2) is 11.5 Å². The van der Waals surface area contributed by atoms with Crippen molar-refractivity contribution >= 4 is 5.91 Å². The van der Waals surface area contributed by atoms with Crippen molar-refractivity contribution < 1.29 is 19.0 Å². The summed E-state index contributed by atoms with van der Waals surface area (Å²) in [5.74, 6) is 2.47. The fourth-order valence-corrected chi connectivity index (χ4v) is 9.13. The molecule has 2 saturated carbocycles. The van der Waals surface area contributed by atoms with Crippen LogP contribution < -0.4 is 14.8 Å². The number of carbonyl (C=O) groups is 1. The first kappa shape index (κ1) is 23.1. The van der Waals surface area contributed by atoms with Crippen molar-refractivity contribution in [3.05, 3.63) is 70.8 Å². The van der Waals surface area contributed by atoms with Gasteiger partial charge in [0.05, 0.1) is 12.5 Å². The number of hydrogen-bond acceptors (Lipinski definition) is 5. The molecule has 0 aromatic heterocycles. The summed E-state index contributed by atoms with van der Waals surface area (Å²) in [6, 6.07) is 14.8. The molecule has 6 nitrogen and oxygen atoms in total. The number of likely N-dealkylation sites (tertiary alicyclic amines) is 1. The molecule has 38 heavy (non-hydrogen) atoms. The normalized spacial score (nSPS) is 35.8. The zero-order valence-electron chi connectivity index (χ0n) is 22.3.